The number of likely N-dealkylation sites (N-methyl/N-ethyl adjacent to an activating group) is 1. The van der Waals surface area contributed by atoms with Crippen LogP contribution in [0.2, 0.25) is 10.0 Å². The molecule has 2 aromatic rings. The third-order valence-electron chi connectivity index (χ3n) is 6.20. The predicted molar refractivity (Wildman–Crippen MR) is 142 cm³/mol. The molecule has 6 heteroatoms. The first kappa shape index (κ1) is 25.8. The fourth-order valence-corrected chi connectivity index (χ4v) is 4.62. The van der Waals surface area contributed by atoms with E-state index in [9.17, 15) is 9.59 Å². The molecule has 1 atom stereocenters. The number of halogens is 2. The first-order chi connectivity index (χ1) is 16.4. The fraction of sp³-hybridized carbons (Fsp3) is 0.286. The van der Waals surface area contributed by atoms with Gasteiger partial charge in [-0.3, -0.25) is 4.79 Å². The van der Waals surface area contributed by atoms with Crippen molar-refractivity contribution in [1.29, 1.82) is 0 Å². The summed E-state index contributed by atoms with van der Waals surface area (Å²) in [4.78, 5) is 28.4. The van der Waals surface area contributed by atoms with E-state index >= 15 is 0 Å². The van der Waals surface area contributed by atoms with E-state index in [4.69, 9.17) is 23.2 Å². The Morgan fingerprint density at radius 2 is 1.76 bits per heavy atom. The number of hydrogen-bond acceptors (Lipinski definition) is 3. The van der Waals surface area contributed by atoms with Crippen molar-refractivity contribution in [1.82, 2.24) is 4.90 Å². The molecular formula is C28H30Cl2N2O2. The van der Waals surface area contributed by atoms with E-state index in [0.29, 0.717) is 16.5 Å². The van der Waals surface area contributed by atoms with Gasteiger partial charge in [-0.25, -0.2) is 0 Å². The number of nitrogens with zero attached hydrogens (tertiary/aromatic N) is 2. The number of carbonyl (C=O) groups excluding carboxylic acids is 2. The number of anilines is 1. The van der Waals surface area contributed by atoms with Crippen molar-refractivity contribution in [2.75, 3.05) is 25.0 Å². The topological polar surface area (TPSA) is 40.6 Å². The van der Waals surface area contributed by atoms with Crippen LogP contribution in [0.25, 0.3) is 0 Å². The summed E-state index contributed by atoms with van der Waals surface area (Å²) in [5.74, 6) is -0.0468. The Labute approximate surface area is 212 Å². The molecule has 0 saturated heterocycles. The maximum absolute atomic E-state index is 13.3. The number of carbonyl (C=O) groups is 2. The van der Waals surface area contributed by atoms with Gasteiger partial charge in [0.15, 0.2) is 0 Å². The Kier molecular flexibility index (Phi) is 9.14. The average Bonchev–Trinajstić information content (AvgIpc) is 3.24. The van der Waals surface area contributed by atoms with E-state index < -0.39 is 0 Å². The van der Waals surface area contributed by atoms with Gasteiger partial charge in [0, 0.05) is 28.8 Å². The van der Waals surface area contributed by atoms with E-state index in [1.807, 2.05) is 68.6 Å². The van der Waals surface area contributed by atoms with Crippen molar-refractivity contribution in [3.05, 3.63) is 99.6 Å². The van der Waals surface area contributed by atoms with Crippen LogP contribution in [0.1, 0.15) is 30.9 Å². The zero-order chi connectivity index (χ0) is 24.7. The monoisotopic (exact) mass is 496 g/mol. The van der Waals surface area contributed by atoms with E-state index in [-0.39, 0.29) is 25.0 Å². The smallest absolute Gasteiger partial charge is 0.242 e. The molecule has 0 aliphatic heterocycles. The van der Waals surface area contributed by atoms with Gasteiger partial charge in [0.1, 0.15) is 6.29 Å². The molecule has 0 N–H and O–H groups in total. The Hall–Kier alpha value is -2.82. The van der Waals surface area contributed by atoms with Crippen molar-refractivity contribution < 1.29 is 9.59 Å². The van der Waals surface area contributed by atoms with E-state index in [0.717, 1.165) is 35.9 Å². The Balaban J connectivity index is 1.80. The second-order valence-electron chi connectivity index (χ2n) is 8.44. The third-order valence-corrected chi connectivity index (χ3v) is 6.68. The van der Waals surface area contributed by atoms with Crippen molar-refractivity contribution in [3.8, 4) is 0 Å². The van der Waals surface area contributed by atoms with Gasteiger partial charge >= 0.3 is 0 Å². The number of aldehydes is 1. The van der Waals surface area contributed by atoms with E-state index in [1.54, 1.807) is 9.80 Å². The minimum Gasteiger partial charge on any atom is -0.355 e. The number of allylic oxidation sites excluding steroid dienone is 3. The second-order valence-corrected chi connectivity index (χ2v) is 9.32. The zero-order valence-electron chi connectivity index (χ0n) is 19.6. The van der Waals surface area contributed by atoms with Gasteiger partial charge in [-0.1, -0.05) is 66.2 Å². The van der Waals surface area contributed by atoms with Crippen LogP contribution in [-0.4, -0.2) is 43.3 Å². The Bertz CT molecular complexity index is 1110. The first-order valence-electron chi connectivity index (χ1n) is 11.3. The van der Waals surface area contributed by atoms with Gasteiger partial charge in [0.05, 0.1) is 13.1 Å². The first-order valence-corrected chi connectivity index (χ1v) is 12.1. The van der Waals surface area contributed by atoms with Crippen LogP contribution in [0.4, 0.5) is 5.69 Å². The van der Waals surface area contributed by atoms with E-state index in [2.05, 4.69) is 12.7 Å². The largest absolute Gasteiger partial charge is 0.355 e. The molecule has 1 aliphatic carbocycles. The molecule has 3 rings (SSSR count). The highest BCUT2D eigenvalue weighted by Gasteiger charge is 2.28. The molecule has 0 heterocycles. The van der Waals surface area contributed by atoms with Crippen molar-refractivity contribution in [2.24, 2.45) is 0 Å². The minimum absolute atomic E-state index is 0.0468. The zero-order valence-corrected chi connectivity index (χ0v) is 21.1. The molecule has 0 fully saturated rings. The Morgan fingerprint density at radius 1 is 1.09 bits per heavy atom. The van der Waals surface area contributed by atoms with Crippen LogP contribution in [0.15, 0.2) is 78.4 Å². The molecule has 0 spiro atoms. The predicted octanol–water partition coefficient (Wildman–Crippen LogP) is 6.27. The Morgan fingerprint density at radius 3 is 2.41 bits per heavy atom. The third kappa shape index (κ3) is 6.40. The average molecular weight is 497 g/mol. The lowest BCUT2D eigenvalue weighted by Gasteiger charge is -2.30. The molecule has 1 amide bonds. The molecule has 0 saturated carbocycles. The van der Waals surface area contributed by atoms with Crippen molar-refractivity contribution in [2.45, 2.75) is 32.2 Å². The summed E-state index contributed by atoms with van der Waals surface area (Å²) in [7, 11) is 1.83. The standard InChI is InChI=1S/C28H30Cl2N2O2/c1-4-6-22-17-26(16-21(22)5-2)31(3)28(34)19-32(13-14-33)27-18-25(30)12-9-23(27)15-20-7-10-24(29)11-8-20/h4-12,14,18,26H,2,13,15-17,19H2,1,3H3/b6-4-. The van der Waals surface area contributed by atoms with Crippen LogP contribution < -0.4 is 4.90 Å². The summed E-state index contributed by atoms with van der Waals surface area (Å²) in [5.41, 5.74) is 5.23. The maximum Gasteiger partial charge on any atom is 0.242 e. The van der Waals surface area contributed by atoms with Gasteiger partial charge in [-0.05, 0) is 72.7 Å². The lowest BCUT2D eigenvalue weighted by Crippen LogP contribution is -2.43. The second kappa shape index (κ2) is 12.0. The van der Waals surface area contributed by atoms with Crippen molar-refractivity contribution in [3.63, 3.8) is 0 Å². The maximum atomic E-state index is 13.3. The molecular weight excluding hydrogens is 467 g/mol. The molecule has 0 aromatic heterocycles. The molecule has 1 unspecified atom stereocenters. The fourth-order valence-electron chi connectivity index (χ4n) is 4.33. The van der Waals surface area contributed by atoms with Crippen LogP contribution in [0, 0.1) is 0 Å². The van der Waals surface area contributed by atoms with Crippen molar-refractivity contribution >= 4 is 41.1 Å². The summed E-state index contributed by atoms with van der Waals surface area (Å²) in [5, 5.41) is 1.23. The van der Waals surface area contributed by atoms with Gasteiger partial charge in [0.2, 0.25) is 5.91 Å². The lowest BCUT2D eigenvalue weighted by molar-refractivity contribution is -0.130. The highest BCUT2D eigenvalue weighted by Crippen LogP contribution is 2.32. The molecule has 0 radical (unpaired) electrons. The molecule has 178 valence electrons. The SMILES string of the molecule is C=CC1=C(/C=C\C)CC(N(C)C(=O)CN(CC=O)c2cc(Cl)ccc2Cc2ccc(Cl)cc2)C1. The van der Waals surface area contributed by atoms with Gasteiger partial charge in [-0.2, -0.15) is 0 Å². The summed E-state index contributed by atoms with van der Waals surface area (Å²) in [6.07, 6.45) is 8.99. The number of amides is 1. The number of rotatable bonds is 10. The quantitative estimate of drug-likeness (QED) is 0.364. The minimum atomic E-state index is -0.0468. The summed E-state index contributed by atoms with van der Waals surface area (Å²) < 4.78 is 0. The molecule has 1 aliphatic rings. The highest BCUT2D eigenvalue weighted by molar-refractivity contribution is 6.31. The van der Waals surface area contributed by atoms with E-state index in [1.165, 1.54) is 11.1 Å². The normalized spacial score (nSPS) is 15.6. The van der Waals surface area contributed by atoms with Crippen LogP contribution >= 0.6 is 23.2 Å². The molecule has 4 nitrogen and oxygen atoms in total. The van der Waals surface area contributed by atoms with Gasteiger partial charge < -0.3 is 14.6 Å². The molecule has 2 aromatic carbocycles. The summed E-state index contributed by atoms with van der Waals surface area (Å²) >= 11 is 12.3. The highest BCUT2D eigenvalue weighted by atomic mass is 35.5. The summed E-state index contributed by atoms with van der Waals surface area (Å²) in [6.45, 7) is 6.09. The van der Waals surface area contributed by atoms with Gasteiger partial charge in [-0.15, -0.1) is 0 Å². The van der Waals surface area contributed by atoms with Crippen LogP contribution in [-0.2, 0) is 16.0 Å². The van der Waals surface area contributed by atoms with Crippen LogP contribution in [0.3, 0.4) is 0 Å². The van der Waals surface area contributed by atoms with Gasteiger partial charge in [0.25, 0.3) is 0 Å². The number of benzene rings is 2. The number of hydrogen-bond donors (Lipinski definition) is 0. The summed E-state index contributed by atoms with van der Waals surface area (Å²) in [6, 6.07) is 13.3. The lowest BCUT2D eigenvalue weighted by atomic mass is 10.0. The van der Waals surface area contributed by atoms with Crippen LogP contribution in [0.5, 0.6) is 0 Å². The molecule has 34 heavy (non-hydrogen) atoms. The molecule has 0 bridgehead atoms.